The molecule has 0 bridgehead atoms. The van der Waals surface area contributed by atoms with Gasteiger partial charge in [0.1, 0.15) is 4.99 Å². The van der Waals surface area contributed by atoms with Crippen molar-refractivity contribution in [3.63, 3.8) is 0 Å². The van der Waals surface area contributed by atoms with E-state index in [1.54, 1.807) is 6.20 Å². The van der Waals surface area contributed by atoms with E-state index >= 15 is 0 Å². The molecule has 104 valence electrons. The summed E-state index contributed by atoms with van der Waals surface area (Å²) in [5, 5.41) is 4.67. The van der Waals surface area contributed by atoms with Crippen LogP contribution in [-0.2, 0) is 0 Å². The Bertz CT molecular complexity index is 662. The number of thiocarbonyl (C=S) groups is 1. The predicted octanol–water partition coefficient (Wildman–Crippen LogP) is 3.47. The molecule has 3 rings (SSSR count). The lowest BCUT2D eigenvalue weighted by atomic mass is 10.0. The van der Waals surface area contributed by atoms with Gasteiger partial charge in [-0.05, 0) is 30.7 Å². The average molecular weight is 285 g/mol. The highest BCUT2D eigenvalue weighted by Crippen LogP contribution is 2.48. The third-order valence-electron chi connectivity index (χ3n) is 4.39. The molecular formula is C16H19N3S. The quantitative estimate of drug-likeness (QED) is 0.826. The van der Waals surface area contributed by atoms with Gasteiger partial charge in [0.2, 0.25) is 0 Å². The number of nitrogens with two attached hydrogens (primary N) is 1. The van der Waals surface area contributed by atoms with Crippen molar-refractivity contribution in [3.8, 4) is 0 Å². The summed E-state index contributed by atoms with van der Waals surface area (Å²) in [6.07, 6.45) is 5.60. The van der Waals surface area contributed by atoms with Crippen molar-refractivity contribution in [3.05, 3.63) is 36.0 Å². The van der Waals surface area contributed by atoms with Gasteiger partial charge < -0.3 is 11.1 Å². The van der Waals surface area contributed by atoms with Crippen molar-refractivity contribution in [2.45, 2.75) is 26.2 Å². The van der Waals surface area contributed by atoms with Gasteiger partial charge >= 0.3 is 0 Å². The SMILES string of the molecule is CCC1(CNc2c(C(N)=S)cnc3ccccc23)CC1. The lowest BCUT2D eigenvalue weighted by Gasteiger charge is -2.18. The minimum Gasteiger partial charge on any atom is -0.389 e. The van der Waals surface area contributed by atoms with Crippen molar-refractivity contribution >= 4 is 33.8 Å². The maximum Gasteiger partial charge on any atom is 0.107 e. The number of rotatable bonds is 5. The van der Waals surface area contributed by atoms with Crippen molar-refractivity contribution in [2.75, 3.05) is 11.9 Å². The molecule has 1 aliphatic rings. The Labute approximate surface area is 124 Å². The van der Waals surface area contributed by atoms with Gasteiger partial charge in [-0.25, -0.2) is 0 Å². The lowest BCUT2D eigenvalue weighted by Crippen LogP contribution is -2.19. The molecule has 0 radical (unpaired) electrons. The maximum absolute atomic E-state index is 5.84. The molecule has 1 saturated carbocycles. The summed E-state index contributed by atoms with van der Waals surface area (Å²) < 4.78 is 0. The molecule has 0 atom stereocenters. The monoisotopic (exact) mass is 285 g/mol. The number of hydrogen-bond donors (Lipinski definition) is 2. The van der Waals surface area contributed by atoms with Gasteiger partial charge in [0.05, 0.1) is 16.8 Å². The summed E-state index contributed by atoms with van der Waals surface area (Å²) in [5.41, 5.74) is 9.15. The van der Waals surface area contributed by atoms with Gasteiger partial charge in [0.15, 0.2) is 0 Å². The zero-order chi connectivity index (χ0) is 14.2. The van der Waals surface area contributed by atoms with E-state index in [1.165, 1.54) is 19.3 Å². The minimum atomic E-state index is 0.395. The second-order valence-electron chi connectivity index (χ2n) is 5.64. The Morgan fingerprint density at radius 3 is 2.80 bits per heavy atom. The summed E-state index contributed by atoms with van der Waals surface area (Å²) in [4.78, 5) is 4.83. The number of hydrogen-bond acceptors (Lipinski definition) is 3. The zero-order valence-electron chi connectivity index (χ0n) is 11.6. The standard InChI is InChI=1S/C16H19N3S/c1-2-16(7-8-16)10-19-14-11-5-3-4-6-13(11)18-9-12(14)15(17)20/h3-6,9H,2,7-8,10H2,1H3,(H2,17,20)(H,18,19). The van der Waals surface area contributed by atoms with Gasteiger partial charge in [-0.2, -0.15) is 0 Å². The normalized spacial score (nSPS) is 16.1. The Morgan fingerprint density at radius 1 is 1.40 bits per heavy atom. The smallest absolute Gasteiger partial charge is 0.107 e. The molecule has 0 aliphatic heterocycles. The molecule has 0 amide bonds. The number of nitrogens with one attached hydrogen (secondary N) is 1. The molecule has 3 N–H and O–H groups in total. The first-order valence-electron chi connectivity index (χ1n) is 7.07. The first-order chi connectivity index (χ1) is 9.65. The average Bonchev–Trinajstić information content (AvgIpc) is 3.25. The molecule has 0 unspecified atom stereocenters. The summed E-state index contributed by atoms with van der Waals surface area (Å²) in [6, 6.07) is 8.09. The fourth-order valence-electron chi connectivity index (χ4n) is 2.63. The van der Waals surface area contributed by atoms with Crippen LogP contribution in [0, 0.1) is 5.41 Å². The fraction of sp³-hybridized carbons (Fsp3) is 0.375. The van der Waals surface area contributed by atoms with E-state index in [4.69, 9.17) is 18.0 Å². The molecule has 1 aliphatic carbocycles. The zero-order valence-corrected chi connectivity index (χ0v) is 12.5. The van der Waals surface area contributed by atoms with Gasteiger partial charge in [-0.1, -0.05) is 37.3 Å². The van der Waals surface area contributed by atoms with Crippen molar-refractivity contribution in [2.24, 2.45) is 11.1 Å². The van der Waals surface area contributed by atoms with Gasteiger partial charge in [0.25, 0.3) is 0 Å². The van der Waals surface area contributed by atoms with Crippen molar-refractivity contribution < 1.29 is 0 Å². The van der Waals surface area contributed by atoms with E-state index in [0.717, 1.165) is 28.7 Å². The molecular weight excluding hydrogens is 266 g/mol. The Morgan fingerprint density at radius 2 is 2.15 bits per heavy atom. The number of anilines is 1. The highest BCUT2D eigenvalue weighted by Gasteiger charge is 2.40. The maximum atomic E-state index is 5.84. The van der Waals surface area contributed by atoms with Crippen LogP contribution >= 0.6 is 12.2 Å². The molecule has 1 aromatic heterocycles. The summed E-state index contributed by atoms with van der Waals surface area (Å²) in [5.74, 6) is 0. The van der Waals surface area contributed by atoms with E-state index < -0.39 is 0 Å². The first kappa shape index (κ1) is 13.3. The Hall–Kier alpha value is -1.68. The largest absolute Gasteiger partial charge is 0.389 e. The van der Waals surface area contributed by atoms with E-state index in [2.05, 4.69) is 23.3 Å². The summed E-state index contributed by atoms with van der Waals surface area (Å²) in [6.45, 7) is 3.24. The van der Waals surface area contributed by atoms with Crippen LogP contribution in [0.5, 0.6) is 0 Å². The van der Waals surface area contributed by atoms with Gasteiger partial charge in [-0.15, -0.1) is 0 Å². The van der Waals surface area contributed by atoms with Crippen molar-refractivity contribution in [1.29, 1.82) is 0 Å². The van der Waals surface area contributed by atoms with E-state index in [-0.39, 0.29) is 0 Å². The third kappa shape index (κ3) is 2.36. The molecule has 0 spiro atoms. The number of fused-ring (bicyclic) bond motifs is 1. The Kier molecular flexibility index (Phi) is 3.34. The highest BCUT2D eigenvalue weighted by molar-refractivity contribution is 7.80. The third-order valence-corrected chi connectivity index (χ3v) is 4.61. The summed E-state index contributed by atoms with van der Waals surface area (Å²) in [7, 11) is 0. The van der Waals surface area contributed by atoms with Crippen LogP contribution in [0.3, 0.4) is 0 Å². The second kappa shape index (κ2) is 5.02. The fourth-order valence-corrected chi connectivity index (χ4v) is 2.78. The molecule has 0 saturated heterocycles. The van der Waals surface area contributed by atoms with Crippen LogP contribution in [0.2, 0.25) is 0 Å². The topological polar surface area (TPSA) is 50.9 Å². The van der Waals surface area contributed by atoms with Crippen LogP contribution in [0.1, 0.15) is 31.7 Å². The van der Waals surface area contributed by atoms with Gasteiger partial charge in [-0.3, -0.25) is 4.98 Å². The molecule has 3 nitrogen and oxygen atoms in total. The van der Waals surface area contributed by atoms with Crippen LogP contribution in [0.15, 0.2) is 30.5 Å². The molecule has 2 aromatic rings. The van der Waals surface area contributed by atoms with Crippen LogP contribution in [0.25, 0.3) is 10.9 Å². The van der Waals surface area contributed by atoms with Crippen molar-refractivity contribution in [1.82, 2.24) is 4.98 Å². The number of benzene rings is 1. The summed E-state index contributed by atoms with van der Waals surface area (Å²) >= 11 is 5.16. The second-order valence-corrected chi connectivity index (χ2v) is 6.08. The van der Waals surface area contributed by atoms with E-state index in [0.29, 0.717) is 10.4 Å². The van der Waals surface area contributed by atoms with Crippen LogP contribution in [0.4, 0.5) is 5.69 Å². The van der Waals surface area contributed by atoms with Crippen LogP contribution < -0.4 is 11.1 Å². The first-order valence-corrected chi connectivity index (χ1v) is 7.47. The number of nitrogens with zero attached hydrogens (tertiary/aromatic N) is 1. The molecule has 1 aromatic carbocycles. The molecule has 1 fully saturated rings. The predicted molar refractivity (Wildman–Crippen MR) is 88.1 cm³/mol. The van der Waals surface area contributed by atoms with Gasteiger partial charge in [0, 0.05) is 18.1 Å². The number of para-hydroxylation sites is 1. The Balaban J connectivity index is 2.01. The number of pyridine rings is 1. The molecule has 20 heavy (non-hydrogen) atoms. The van der Waals surface area contributed by atoms with E-state index in [1.807, 2.05) is 18.2 Å². The molecule has 1 heterocycles. The molecule has 4 heteroatoms. The van der Waals surface area contributed by atoms with Crippen LogP contribution in [-0.4, -0.2) is 16.5 Å². The van der Waals surface area contributed by atoms with E-state index in [9.17, 15) is 0 Å². The number of aromatic nitrogens is 1. The lowest BCUT2D eigenvalue weighted by molar-refractivity contribution is 0.521. The minimum absolute atomic E-state index is 0.395. The highest BCUT2D eigenvalue weighted by atomic mass is 32.1.